The maximum atomic E-state index is 12.3. The van der Waals surface area contributed by atoms with Crippen LogP contribution in [0.15, 0.2) is 24.3 Å². The monoisotopic (exact) mass is 280 g/mol. The summed E-state index contributed by atoms with van der Waals surface area (Å²) >= 11 is 5.84. The molecule has 1 aliphatic heterocycles. The van der Waals surface area contributed by atoms with Crippen LogP contribution in [0.5, 0.6) is 0 Å². The summed E-state index contributed by atoms with van der Waals surface area (Å²) in [5.41, 5.74) is 0.892. The molecule has 2 rings (SSSR count). The molecule has 0 saturated carbocycles. The van der Waals surface area contributed by atoms with Crippen LogP contribution in [0.3, 0.4) is 0 Å². The molecule has 19 heavy (non-hydrogen) atoms. The normalized spacial score (nSPS) is 17.6. The fraction of sp³-hybridized carbons (Fsp3) is 0.533. The van der Waals surface area contributed by atoms with Gasteiger partial charge >= 0.3 is 0 Å². The van der Waals surface area contributed by atoms with Crippen LogP contribution in [0.4, 0.5) is 0 Å². The van der Waals surface area contributed by atoms with Crippen molar-refractivity contribution in [2.24, 2.45) is 0 Å². The number of carbonyl (C=O) groups is 1. The lowest BCUT2D eigenvalue weighted by molar-refractivity contribution is 0.0451. The average molecular weight is 281 g/mol. The maximum absolute atomic E-state index is 12.3. The van der Waals surface area contributed by atoms with Crippen molar-refractivity contribution in [1.29, 1.82) is 0 Å². The molecule has 0 aromatic heterocycles. The van der Waals surface area contributed by atoms with Gasteiger partial charge in [-0.1, -0.05) is 11.6 Å². The van der Waals surface area contributed by atoms with E-state index in [1.807, 2.05) is 4.90 Å². The predicted octanol–water partition coefficient (Wildman–Crippen LogP) is 2.90. The van der Waals surface area contributed by atoms with Gasteiger partial charge in [0, 0.05) is 42.3 Å². The largest absolute Gasteiger partial charge is 0.336 e. The summed E-state index contributed by atoms with van der Waals surface area (Å²) in [4.78, 5) is 16.7. The van der Waals surface area contributed by atoms with Crippen LogP contribution in [0.2, 0.25) is 5.02 Å². The van der Waals surface area contributed by atoms with Gasteiger partial charge in [-0.3, -0.25) is 9.69 Å². The Bertz CT molecular complexity index is 442. The molecule has 0 unspecified atom stereocenters. The van der Waals surface area contributed by atoms with E-state index in [-0.39, 0.29) is 11.4 Å². The Kier molecular flexibility index (Phi) is 4.16. The van der Waals surface area contributed by atoms with E-state index < -0.39 is 0 Å². The zero-order valence-corrected chi connectivity index (χ0v) is 12.6. The fourth-order valence-corrected chi connectivity index (χ4v) is 2.48. The van der Waals surface area contributed by atoms with E-state index in [9.17, 15) is 4.79 Å². The van der Waals surface area contributed by atoms with Crippen LogP contribution >= 0.6 is 11.6 Å². The molecule has 1 fully saturated rings. The lowest BCUT2D eigenvalue weighted by Crippen LogP contribution is -2.54. The van der Waals surface area contributed by atoms with Gasteiger partial charge in [0.15, 0.2) is 0 Å². The summed E-state index contributed by atoms with van der Waals surface area (Å²) in [6, 6.07) is 7.11. The zero-order valence-electron chi connectivity index (χ0n) is 11.8. The van der Waals surface area contributed by atoms with E-state index in [0.717, 1.165) is 26.2 Å². The summed E-state index contributed by atoms with van der Waals surface area (Å²) in [6.07, 6.45) is 0. The lowest BCUT2D eigenvalue weighted by atomic mass is 10.0. The molecule has 0 N–H and O–H groups in total. The smallest absolute Gasteiger partial charge is 0.253 e. The third kappa shape index (κ3) is 3.48. The molecular formula is C15H21ClN2O. The van der Waals surface area contributed by atoms with Crippen LogP contribution in [-0.2, 0) is 0 Å². The van der Waals surface area contributed by atoms with Gasteiger partial charge in [-0.2, -0.15) is 0 Å². The van der Waals surface area contributed by atoms with Crippen LogP contribution in [0.25, 0.3) is 0 Å². The van der Waals surface area contributed by atoms with Gasteiger partial charge in [-0.15, -0.1) is 0 Å². The molecule has 1 aliphatic rings. The van der Waals surface area contributed by atoms with Crippen molar-refractivity contribution in [3.8, 4) is 0 Å². The zero-order chi connectivity index (χ0) is 14.0. The number of nitrogens with zero attached hydrogens (tertiary/aromatic N) is 2. The Labute approximate surface area is 120 Å². The minimum Gasteiger partial charge on any atom is -0.336 e. The standard InChI is InChI=1S/C15H21ClN2O/c1-15(2,3)18-10-8-17(9-11-18)14(19)12-4-6-13(16)7-5-12/h4-7H,8-11H2,1-3H3. The Morgan fingerprint density at radius 3 is 2.05 bits per heavy atom. The van der Waals surface area contributed by atoms with Gasteiger partial charge in [0.1, 0.15) is 0 Å². The molecule has 1 amide bonds. The number of hydrogen-bond donors (Lipinski definition) is 0. The summed E-state index contributed by atoms with van der Waals surface area (Å²) in [6.45, 7) is 10.1. The minimum absolute atomic E-state index is 0.102. The average Bonchev–Trinajstić information content (AvgIpc) is 2.38. The molecule has 1 aromatic rings. The first-order valence-corrected chi connectivity index (χ1v) is 7.05. The van der Waals surface area contributed by atoms with Crippen LogP contribution in [0, 0.1) is 0 Å². The van der Waals surface area contributed by atoms with Crippen molar-refractivity contribution in [3.05, 3.63) is 34.9 Å². The minimum atomic E-state index is 0.102. The number of rotatable bonds is 1. The maximum Gasteiger partial charge on any atom is 0.253 e. The van der Waals surface area contributed by atoms with Crippen molar-refractivity contribution in [2.45, 2.75) is 26.3 Å². The Morgan fingerprint density at radius 1 is 1.05 bits per heavy atom. The number of benzene rings is 1. The Hall–Kier alpha value is -1.06. The van der Waals surface area contributed by atoms with Crippen molar-refractivity contribution < 1.29 is 4.79 Å². The SMILES string of the molecule is CC(C)(C)N1CCN(C(=O)c2ccc(Cl)cc2)CC1. The molecule has 1 aromatic carbocycles. The molecule has 0 aliphatic carbocycles. The molecule has 104 valence electrons. The molecule has 0 atom stereocenters. The molecule has 1 saturated heterocycles. The predicted molar refractivity (Wildman–Crippen MR) is 78.7 cm³/mol. The third-order valence-electron chi connectivity index (χ3n) is 3.61. The summed E-state index contributed by atoms with van der Waals surface area (Å²) < 4.78 is 0. The highest BCUT2D eigenvalue weighted by molar-refractivity contribution is 6.30. The van der Waals surface area contributed by atoms with Gasteiger partial charge in [-0.25, -0.2) is 0 Å². The fourth-order valence-electron chi connectivity index (χ4n) is 2.36. The number of halogens is 1. The van der Waals surface area contributed by atoms with Gasteiger partial charge in [0.2, 0.25) is 0 Å². The molecule has 0 bridgehead atoms. The van der Waals surface area contributed by atoms with Gasteiger partial charge in [-0.05, 0) is 45.0 Å². The molecule has 0 spiro atoms. The van der Waals surface area contributed by atoms with E-state index >= 15 is 0 Å². The van der Waals surface area contributed by atoms with Crippen molar-refractivity contribution >= 4 is 17.5 Å². The number of piperazine rings is 1. The van der Waals surface area contributed by atoms with Crippen LogP contribution < -0.4 is 0 Å². The third-order valence-corrected chi connectivity index (χ3v) is 3.86. The summed E-state index contributed by atoms with van der Waals surface area (Å²) in [5, 5.41) is 0.661. The van der Waals surface area contributed by atoms with Gasteiger partial charge < -0.3 is 4.90 Å². The first-order valence-electron chi connectivity index (χ1n) is 6.68. The van der Waals surface area contributed by atoms with E-state index in [1.165, 1.54) is 0 Å². The molecular weight excluding hydrogens is 260 g/mol. The second kappa shape index (κ2) is 5.51. The second-order valence-electron chi connectivity index (χ2n) is 5.96. The van der Waals surface area contributed by atoms with Gasteiger partial charge in [0.05, 0.1) is 0 Å². The topological polar surface area (TPSA) is 23.6 Å². The first kappa shape index (κ1) is 14.4. The molecule has 1 heterocycles. The quantitative estimate of drug-likeness (QED) is 0.790. The molecule has 0 radical (unpaired) electrons. The second-order valence-corrected chi connectivity index (χ2v) is 6.39. The van der Waals surface area contributed by atoms with Crippen LogP contribution in [0.1, 0.15) is 31.1 Å². The highest BCUT2D eigenvalue weighted by Gasteiger charge is 2.28. The highest BCUT2D eigenvalue weighted by Crippen LogP contribution is 2.17. The van der Waals surface area contributed by atoms with E-state index in [2.05, 4.69) is 25.7 Å². The first-order chi connectivity index (χ1) is 8.88. The van der Waals surface area contributed by atoms with E-state index in [4.69, 9.17) is 11.6 Å². The number of amides is 1. The number of hydrogen-bond acceptors (Lipinski definition) is 2. The van der Waals surface area contributed by atoms with E-state index in [1.54, 1.807) is 24.3 Å². The van der Waals surface area contributed by atoms with Crippen LogP contribution in [-0.4, -0.2) is 47.4 Å². The summed E-state index contributed by atoms with van der Waals surface area (Å²) in [5.74, 6) is 0.102. The Balaban J connectivity index is 1.98. The number of carbonyl (C=O) groups excluding carboxylic acids is 1. The van der Waals surface area contributed by atoms with Crippen molar-refractivity contribution in [2.75, 3.05) is 26.2 Å². The molecule has 4 heteroatoms. The highest BCUT2D eigenvalue weighted by atomic mass is 35.5. The lowest BCUT2D eigenvalue weighted by Gasteiger charge is -2.42. The molecule has 3 nitrogen and oxygen atoms in total. The van der Waals surface area contributed by atoms with Crippen molar-refractivity contribution in [3.63, 3.8) is 0 Å². The van der Waals surface area contributed by atoms with E-state index in [0.29, 0.717) is 10.6 Å². The van der Waals surface area contributed by atoms with Gasteiger partial charge in [0.25, 0.3) is 5.91 Å². The summed E-state index contributed by atoms with van der Waals surface area (Å²) in [7, 11) is 0. The van der Waals surface area contributed by atoms with Crippen molar-refractivity contribution in [1.82, 2.24) is 9.80 Å². The Morgan fingerprint density at radius 2 is 1.58 bits per heavy atom.